The lowest BCUT2D eigenvalue weighted by atomic mass is 10.1. The molecule has 1 aromatic carbocycles. The predicted molar refractivity (Wildman–Crippen MR) is 127 cm³/mol. The maximum atomic E-state index is 12.7. The van der Waals surface area contributed by atoms with Crippen LogP contribution in [0.3, 0.4) is 0 Å². The number of pyridine rings is 1. The van der Waals surface area contributed by atoms with Crippen molar-refractivity contribution in [2.75, 3.05) is 19.1 Å². The minimum atomic E-state index is -0.128. The second-order valence-corrected chi connectivity index (χ2v) is 7.93. The summed E-state index contributed by atoms with van der Waals surface area (Å²) in [7, 11) is 1.56. The van der Waals surface area contributed by atoms with E-state index in [4.69, 9.17) is 21.1 Å². The van der Waals surface area contributed by atoms with Gasteiger partial charge in [-0.05, 0) is 24.3 Å². The molecular formula is C24H21ClN6O3. The molecule has 1 aliphatic heterocycles. The van der Waals surface area contributed by atoms with Crippen LogP contribution in [0.2, 0.25) is 5.02 Å². The molecular weight excluding hydrogens is 456 g/mol. The number of anilines is 1. The molecule has 9 nitrogen and oxygen atoms in total. The van der Waals surface area contributed by atoms with Crippen LogP contribution in [0.4, 0.5) is 5.69 Å². The fraction of sp³-hybridized carbons (Fsp3) is 0.167. The number of benzene rings is 1. The number of aromatic nitrogens is 4. The number of rotatable bonds is 7. The number of nitrogens with zero attached hydrogens (tertiary/aromatic N) is 4. The summed E-state index contributed by atoms with van der Waals surface area (Å²) in [5.41, 5.74) is 7.67. The van der Waals surface area contributed by atoms with Crippen LogP contribution >= 0.6 is 11.6 Å². The minimum absolute atomic E-state index is 0.128. The third-order valence-electron chi connectivity index (χ3n) is 5.45. The van der Waals surface area contributed by atoms with Crippen molar-refractivity contribution in [3.8, 4) is 22.8 Å². The second-order valence-electron chi connectivity index (χ2n) is 7.52. The zero-order valence-corrected chi connectivity index (χ0v) is 19.0. The predicted octanol–water partition coefficient (Wildman–Crippen LogP) is 3.74. The summed E-state index contributed by atoms with van der Waals surface area (Å²) in [6.07, 6.45) is 8.84. The van der Waals surface area contributed by atoms with Crippen molar-refractivity contribution in [2.45, 2.75) is 13.0 Å². The Hall–Kier alpha value is -4.11. The first-order chi connectivity index (χ1) is 16.7. The Morgan fingerprint density at radius 3 is 2.85 bits per heavy atom. The van der Waals surface area contributed by atoms with Gasteiger partial charge in [0.25, 0.3) is 5.91 Å². The minimum Gasteiger partial charge on any atom is -0.493 e. The molecule has 0 fully saturated rings. The van der Waals surface area contributed by atoms with E-state index >= 15 is 0 Å². The molecule has 0 spiro atoms. The molecule has 5 rings (SSSR count). The number of para-hydroxylation sites is 1. The number of halogens is 1. The largest absolute Gasteiger partial charge is 0.493 e. The van der Waals surface area contributed by atoms with Crippen molar-refractivity contribution in [2.24, 2.45) is 0 Å². The van der Waals surface area contributed by atoms with E-state index in [1.54, 1.807) is 44.2 Å². The number of methoxy groups -OCH3 is 1. The number of fused-ring (bicyclic) bond motifs is 1. The highest BCUT2D eigenvalue weighted by Gasteiger charge is 2.26. The molecule has 0 saturated carbocycles. The molecule has 0 saturated heterocycles. The third kappa shape index (κ3) is 4.13. The molecule has 0 bridgehead atoms. The molecule has 0 unspecified atom stereocenters. The Labute approximate surface area is 200 Å². The molecule has 0 aliphatic carbocycles. The number of carbonyl (C=O) groups excluding carboxylic acids is 1. The highest BCUT2D eigenvalue weighted by atomic mass is 35.5. The van der Waals surface area contributed by atoms with E-state index < -0.39 is 0 Å². The van der Waals surface area contributed by atoms with Gasteiger partial charge in [-0.1, -0.05) is 17.7 Å². The zero-order chi connectivity index (χ0) is 23.5. The van der Waals surface area contributed by atoms with Crippen LogP contribution in [0.5, 0.6) is 11.5 Å². The number of carbonyl (C=O) groups is 1. The molecule has 34 heavy (non-hydrogen) atoms. The average molecular weight is 477 g/mol. The van der Waals surface area contributed by atoms with E-state index in [9.17, 15) is 4.79 Å². The van der Waals surface area contributed by atoms with E-state index in [1.165, 1.54) is 0 Å². The van der Waals surface area contributed by atoms with E-state index in [-0.39, 0.29) is 12.5 Å². The number of amides is 1. The second kappa shape index (κ2) is 9.40. The lowest BCUT2D eigenvalue weighted by molar-refractivity contribution is 0.0945. The van der Waals surface area contributed by atoms with E-state index in [0.29, 0.717) is 46.4 Å². The molecule has 3 aromatic heterocycles. The highest BCUT2D eigenvalue weighted by Crippen LogP contribution is 2.37. The van der Waals surface area contributed by atoms with Crippen LogP contribution in [-0.4, -0.2) is 39.2 Å². The summed E-state index contributed by atoms with van der Waals surface area (Å²) in [4.78, 5) is 25.2. The van der Waals surface area contributed by atoms with Crippen molar-refractivity contribution in [3.63, 3.8) is 0 Å². The monoisotopic (exact) mass is 476 g/mol. The highest BCUT2D eigenvalue weighted by molar-refractivity contribution is 6.32. The maximum Gasteiger partial charge on any atom is 0.253 e. The van der Waals surface area contributed by atoms with Gasteiger partial charge in [-0.2, -0.15) is 0 Å². The number of ether oxygens (including phenoxy) is 2. The van der Waals surface area contributed by atoms with Crippen LogP contribution in [0.25, 0.3) is 11.3 Å². The summed E-state index contributed by atoms with van der Waals surface area (Å²) in [5.74, 6) is 0.924. The van der Waals surface area contributed by atoms with Gasteiger partial charge in [0.1, 0.15) is 12.4 Å². The van der Waals surface area contributed by atoms with Gasteiger partial charge in [-0.25, -0.2) is 0 Å². The average Bonchev–Trinajstić information content (AvgIpc) is 3.23. The Morgan fingerprint density at radius 1 is 1.15 bits per heavy atom. The fourth-order valence-corrected chi connectivity index (χ4v) is 4.15. The van der Waals surface area contributed by atoms with Gasteiger partial charge in [0.2, 0.25) is 0 Å². The molecule has 0 radical (unpaired) electrons. The molecule has 4 heterocycles. The van der Waals surface area contributed by atoms with E-state index in [1.807, 2.05) is 28.9 Å². The molecule has 1 aliphatic rings. The topological polar surface area (TPSA) is 103 Å². The summed E-state index contributed by atoms with van der Waals surface area (Å²) in [6.45, 7) is 0.763. The SMILES string of the molecule is COc1c(Cl)cccc1Nn1c(-c2ccncc2OCc2cnccn2)cc2c1CCNC2=O. The van der Waals surface area contributed by atoms with Crippen molar-refractivity contribution >= 4 is 23.2 Å². The zero-order valence-electron chi connectivity index (χ0n) is 18.3. The summed E-state index contributed by atoms with van der Waals surface area (Å²) in [6, 6.07) is 9.14. The van der Waals surface area contributed by atoms with Crippen LogP contribution < -0.4 is 20.2 Å². The number of hydrogen-bond donors (Lipinski definition) is 2. The molecule has 10 heteroatoms. The lowest BCUT2D eigenvalue weighted by Crippen LogP contribution is -2.33. The van der Waals surface area contributed by atoms with Crippen LogP contribution in [-0.2, 0) is 13.0 Å². The molecule has 172 valence electrons. The van der Waals surface area contributed by atoms with Gasteiger partial charge in [0.05, 0.1) is 52.9 Å². The van der Waals surface area contributed by atoms with Crippen LogP contribution in [0, 0.1) is 0 Å². The first-order valence-corrected chi connectivity index (χ1v) is 11.0. The lowest BCUT2D eigenvalue weighted by Gasteiger charge is -2.21. The normalized spacial score (nSPS) is 12.6. The van der Waals surface area contributed by atoms with Gasteiger partial charge >= 0.3 is 0 Å². The molecule has 0 atom stereocenters. The van der Waals surface area contributed by atoms with E-state index in [2.05, 4.69) is 25.7 Å². The Balaban J connectivity index is 1.59. The van der Waals surface area contributed by atoms with Gasteiger partial charge in [0, 0.05) is 37.1 Å². The van der Waals surface area contributed by atoms with Gasteiger partial charge in [-0.3, -0.25) is 29.8 Å². The molecule has 4 aromatic rings. The molecule has 1 amide bonds. The summed E-state index contributed by atoms with van der Waals surface area (Å²) in [5, 5.41) is 3.38. The first-order valence-electron chi connectivity index (χ1n) is 10.6. The van der Waals surface area contributed by atoms with Crippen LogP contribution in [0.1, 0.15) is 21.7 Å². The Bertz CT molecular complexity index is 1340. The van der Waals surface area contributed by atoms with Crippen LogP contribution in [0.15, 0.2) is 61.3 Å². The van der Waals surface area contributed by atoms with Crippen molar-refractivity contribution < 1.29 is 14.3 Å². The van der Waals surface area contributed by atoms with Gasteiger partial charge in [0.15, 0.2) is 5.75 Å². The number of hydrogen-bond acceptors (Lipinski definition) is 7. The molecule has 2 N–H and O–H groups in total. The van der Waals surface area contributed by atoms with Gasteiger partial charge < -0.3 is 14.8 Å². The van der Waals surface area contributed by atoms with Crippen molar-refractivity contribution in [3.05, 3.63) is 83.3 Å². The van der Waals surface area contributed by atoms with Gasteiger partial charge in [-0.15, -0.1) is 0 Å². The van der Waals surface area contributed by atoms with E-state index in [0.717, 1.165) is 17.0 Å². The quantitative estimate of drug-likeness (QED) is 0.418. The van der Waals surface area contributed by atoms with Crippen molar-refractivity contribution in [1.29, 1.82) is 0 Å². The standard InChI is InChI=1S/C24H21ClN6O3/c1-33-23-18(25)3-2-4-19(23)30-31-20-6-8-29-24(32)17(20)11-21(31)16-5-7-26-13-22(16)34-14-15-12-27-9-10-28-15/h2-5,7,9-13,30H,6,8,14H2,1H3,(H,29,32). The van der Waals surface area contributed by atoms with Crippen molar-refractivity contribution in [1.82, 2.24) is 24.9 Å². The summed E-state index contributed by atoms with van der Waals surface area (Å²) >= 11 is 6.34. The Morgan fingerprint density at radius 2 is 2.03 bits per heavy atom. The Kier molecular flexibility index (Phi) is 6.01. The number of nitrogens with one attached hydrogen (secondary N) is 2. The first kappa shape index (κ1) is 21.7. The summed E-state index contributed by atoms with van der Waals surface area (Å²) < 4.78 is 13.4. The maximum absolute atomic E-state index is 12.7. The third-order valence-corrected chi connectivity index (χ3v) is 5.75. The smallest absolute Gasteiger partial charge is 0.253 e. The fourth-order valence-electron chi connectivity index (χ4n) is 3.90.